The molecule has 6 heterocycles. The average Bonchev–Trinajstić information content (AvgIpc) is 3.21. The molecule has 0 aromatic carbocycles. The number of nitrogens with zero attached hydrogens (tertiary/aromatic N) is 6. The maximum Gasteiger partial charge on any atom is 0.257 e. The molecule has 0 bridgehead atoms. The van der Waals surface area contributed by atoms with Crippen molar-refractivity contribution in [2.24, 2.45) is 0 Å². The third-order valence-corrected chi connectivity index (χ3v) is 5.72. The van der Waals surface area contributed by atoms with Gasteiger partial charge < -0.3 is 20.1 Å². The van der Waals surface area contributed by atoms with E-state index in [1.165, 1.54) is 0 Å². The summed E-state index contributed by atoms with van der Waals surface area (Å²) in [4.78, 5) is 17.7. The van der Waals surface area contributed by atoms with Gasteiger partial charge >= 0.3 is 0 Å². The van der Waals surface area contributed by atoms with Gasteiger partial charge in [-0.2, -0.15) is 5.10 Å². The van der Waals surface area contributed by atoms with E-state index in [-0.39, 0.29) is 0 Å². The molecule has 10 heteroatoms. The lowest BCUT2D eigenvalue weighted by molar-refractivity contribution is 0.163. The molecule has 162 valence electrons. The molecule has 0 unspecified atom stereocenters. The molecular formula is C22H22N8O2. The largest absolute Gasteiger partial charge is 0.484 e. The van der Waals surface area contributed by atoms with Crippen LogP contribution in [0, 0.1) is 0 Å². The van der Waals surface area contributed by atoms with Crippen LogP contribution in [0.15, 0.2) is 43.1 Å². The molecule has 0 atom stereocenters. The lowest BCUT2D eigenvalue weighted by atomic mass is 10.1. The Hall–Kier alpha value is -3.79. The van der Waals surface area contributed by atoms with Crippen molar-refractivity contribution < 1.29 is 9.47 Å². The SMILES string of the molecule is c1nc(NCCc2ccnc3c2OCCO3)cc(-c2cnc3c(cnn3C3CNC3)c2)n1. The highest BCUT2D eigenvalue weighted by atomic mass is 16.6. The zero-order valence-corrected chi connectivity index (χ0v) is 17.4. The Balaban J connectivity index is 1.17. The van der Waals surface area contributed by atoms with Gasteiger partial charge in [0.2, 0.25) is 0 Å². The minimum Gasteiger partial charge on any atom is -0.484 e. The van der Waals surface area contributed by atoms with Crippen molar-refractivity contribution in [3.05, 3.63) is 48.7 Å². The summed E-state index contributed by atoms with van der Waals surface area (Å²) in [5, 5.41) is 12.2. The fourth-order valence-corrected chi connectivity index (χ4v) is 3.93. The summed E-state index contributed by atoms with van der Waals surface area (Å²) in [7, 11) is 0. The summed E-state index contributed by atoms with van der Waals surface area (Å²) < 4.78 is 13.3. The first-order chi connectivity index (χ1) is 15.8. The van der Waals surface area contributed by atoms with Gasteiger partial charge in [-0.3, -0.25) is 0 Å². The predicted molar refractivity (Wildman–Crippen MR) is 118 cm³/mol. The molecule has 0 aliphatic carbocycles. The molecule has 0 amide bonds. The Morgan fingerprint density at radius 2 is 2.00 bits per heavy atom. The van der Waals surface area contributed by atoms with Gasteiger partial charge in [0.1, 0.15) is 25.4 Å². The van der Waals surface area contributed by atoms with E-state index in [4.69, 9.17) is 9.47 Å². The molecule has 2 aliphatic rings. The minimum atomic E-state index is 0.378. The quantitative estimate of drug-likeness (QED) is 0.473. The third kappa shape index (κ3) is 3.48. The molecule has 0 radical (unpaired) electrons. The Morgan fingerprint density at radius 1 is 1.06 bits per heavy atom. The van der Waals surface area contributed by atoms with Crippen molar-refractivity contribution in [2.75, 3.05) is 38.2 Å². The van der Waals surface area contributed by atoms with Gasteiger partial charge in [0.15, 0.2) is 11.4 Å². The zero-order valence-electron chi connectivity index (χ0n) is 17.4. The number of hydrogen-bond acceptors (Lipinski definition) is 9. The summed E-state index contributed by atoms with van der Waals surface area (Å²) in [6.07, 6.45) is 7.79. The van der Waals surface area contributed by atoms with Crippen molar-refractivity contribution in [1.82, 2.24) is 35.0 Å². The fourth-order valence-electron chi connectivity index (χ4n) is 3.93. The second kappa shape index (κ2) is 8.04. The summed E-state index contributed by atoms with van der Waals surface area (Å²) in [6.45, 7) is 3.63. The van der Waals surface area contributed by atoms with Gasteiger partial charge in [-0.05, 0) is 18.6 Å². The highest BCUT2D eigenvalue weighted by molar-refractivity contribution is 5.80. The molecule has 6 rings (SSSR count). The normalized spacial score (nSPS) is 15.5. The van der Waals surface area contributed by atoms with Crippen LogP contribution in [0.4, 0.5) is 5.82 Å². The average molecular weight is 430 g/mol. The molecule has 0 saturated carbocycles. The van der Waals surface area contributed by atoms with Gasteiger partial charge in [-0.25, -0.2) is 24.6 Å². The van der Waals surface area contributed by atoms with E-state index >= 15 is 0 Å². The van der Waals surface area contributed by atoms with E-state index < -0.39 is 0 Å². The minimum absolute atomic E-state index is 0.378. The van der Waals surface area contributed by atoms with E-state index in [2.05, 4.69) is 41.7 Å². The lowest BCUT2D eigenvalue weighted by Crippen LogP contribution is -2.43. The maximum absolute atomic E-state index is 5.74. The Kier molecular flexibility index (Phi) is 4.76. The Labute approximate surface area is 184 Å². The first-order valence-electron chi connectivity index (χ1n) is 10.7. The molecule has 2 N–H and O–H groups in total. The number of fused-ring (bicyclic) bond motifs is 2. The number of hydrogen-bond donors (Lipinski definition) is 2. The Morgan fingerprint density at radius 3 is 2.91 bits per heavy atom. The van der Waals surface area contributed by atoms with Crippen LogP contribution >= 0.6 is 0 Å². The monoisotopic (exact) mass is 430 g/mol. The number of ether oxygens (including phenoxy) is 2. The standard InChI is InChI=1S/C22H22N8O2/c1(14-2-4-25-22-20(14)31-5-6-32-22)3-24-19-8-18(27-13-28-19)15-7-16-10-29-30(17-11-23-12-17)21(16)26-9-15/h2,4,7-10,13,17,23H,1,3,5-6,11-12H2,(H,24,27,28). The van der Waals surface area contributed by atoms with Crippen LogP contribution in [0.3, 0.4) is 0 Å². The van der Waals surface area contributed by atoms with Crippen LogP contribution < -0.4 is 20.1 Å². The second-order valence-corrected chi connectivity index (χ2v) is 7.80. The van der Waals surface area contributed by atoms with Crippen molar-refractivity contribution in [2.45, 2.75) is 12.5 Å². The zero-order chi connectivity index (χ0) is 21.3. The summed E-state index contributed by atoms with van der Waals surface area (Å²) in [5.74, 6) is 2.06. The van der Waals surface area contributed by atoms with E-state index in [9.17, 15) is 0 Å². The number of rotatable bonds is 6. The van der Waals surface area contributed by atoms with Crippen LogP contribution in [0.2, 0.25) is 0 Å². The summed E-state index contributed by atoms with van der Waals surface area (Å²) >= 11 is 0. The highest BCUT2D eigenvalue weighted by Crippen LogP contribution is 2.31. The fraction of sp³-hybridized carbons (Fsp3) is 0.318. The molecule has 0 spiro atoms. The van der Waals surface area contributed by atoms with E-state index in [0.29, 0.717) is 31.7 Å². The topological polar surface area (TPSA) is 112 Å². The maximum atomic E-state index is 5.74. The Bertz CT molecular complexity index is 1270. The van der Waals surface area contributed by atoms with Crippen molar-refractivity contribution >= 4 is 16.9 Å². The molecule has 1 saturated heterocycles. The molecule has 4 aromatic rings. The third-order valence-electron chi connectivity index (χ3n) is 5.72. The van der Waals surface area contributed by atoms with E-state index in [1.807, 2.05) is 29.2 Å². The van der Waals surface area contributed by atoms with Crippen molar-refractivity contribution in [3.8, 4) is 22.9 Å². The van der Waals surface area contributed by atoms with Crippen LogP contribution in [0.5, 0.6) is 11.6 Å². The van der Waals surface area contributed by atoms with Gasteiger partial charge in [0.25, 0.3) is 5.88 Å². The van der Waals surface area contributed by atoms with Crippen LogP contribution in [0.25, 0.3) is 22.3 Å². The van der Waals surface area contributed by atoms with Crippen LogP contribution in [-0.4, -0.2) is 62.6 Å². The first kappa shape index (κ1) is 18.9. The molecule has 2 aliphatic heterocycles. The van der Waals surface area contributed by atoms with Crippen molar-refractivity contribution in [1.29, 1.82) is 0 Å². The second-order valence-electron chi connectivity index (χ2n) is 7.80. The van der Waals surface area contributed by atoms with Gasteiger partial charge in [-0.1, -0.05) is 0 Å². The number of anilines is 1. The highest BCUT2D eigenvalue weighted by Gasteiger charge is 2.22. The summed E-state index contributed by atoms with van der Waals surface area (Å²) in [5.41, 5.74) is 3.71. The predicted octanol–water partition coefficient (Wildman–Crippen LogP) is 1.85. The number of aromatic nitrogens is 6. The molecule has 10 nitrogen and oxygen atoms in total. The first-order valence-corrected chi connectivity index (χ1v) is 10.7. The molecule has 1 fully saturated rings. The molecule has 4 aromatic heterocycles. The molecule has 32 heavy (non-hydrogen) atoms. The van der Waals surface area contributed by atoms with Crippen molar-refractivity contribution in [3.63, 3.8) is 0 Å². The van der Waals surface area contributed by atoms with E-state index in [0.717, 1.165) is 58.9 Å². The van der Waals surface area contributed by atoms with Gasteiger partial charge in [0, 0.05) is 54.6 Å². The van der Waals surface area contributed by atoms with Gasteiger partial charge in [-0.15, -0.1) is 0 Å². The van der Waals surface area contributed by atoms with Crippen LogP contribution in [-0.2, 0) is 6.42 Å². The van der Waals surface area contributed by atoms with Crippen LogP contribution in [0.1, 0.15) is 11.6 Å². The number of pyridine rings is 2. The lowest BCUT2D eigenvalue weighted by Gasteiger charge is -2.27. The smallest absolute Gasteiger partial charge is 0.257 e. The molecular weight excluding hydrogens is 408 g/mol. The summed E-state index contributed by atoms with van der Waals surface area (Å²) in [6, 6.07) is 6.35. The van der Waals surface area contributed by atoms with Gasteiger partial charge in [0.05, 0.1) is 17.9 Å². The number of nitrogens with one attached hydrogen (secondary N) is 2. The van der Waals surface area contributed by atoms with E-state index in [1.54, 1.807) is 12.5 Å².